The molecule has 3 nitrogen and oxygen atoms in total. The van der Waals surface area contributed by atoms with Crippen molar-refractivity contribution in [2.24, 2.45) is 0 Å². The van der Waals surface area contributed by atoms with Crippen LogP contribution < -0.4 is 9.47 Å². The van der Waals surface area contributed by atoms with Crippen molar-refractivity contribution in [3.8, 4) is 11.5 Å². The van der Waals surface area contributed by atoms with Gasteiger partial charge in [-0.2, -0.15) is 0 Å². The van der Waals surface area contributed by atoms with Crippen LogP contribution in [0.1, 0.15) is 18.1 Å². The number of halogens is 1. The van der Waals surface area contributed by atoms with Gasteiger partial charge >= 0.3 is 0 Å². The highest BCUT2D eigenvalue weighted by molar-refractivity contribution is 5.48. The predicted octanol–water partition coefficient (Wildman–Crippen LogP) is 3.10. The van der Waals surface area contributed by atoms with E-state index in [-0.39, 0.29) is 0 Å². The molecule has 106 valence electrons. The van der Waals surface area contributed by atoms with Crippen LogP contribution in [0.25, 0.3) is 0 Å². The molecule has 0 heterocycles. The molecule has 0 aliphatic rings. The monoisotopic (exact) mass is 276 g/mol. The summed E-state index contributed by atoms with van der Waals surface area (Å²) in [5.74, 6) is 0.717. The van der Waals surface area contributed by atoms with E-state index in [2.05, 4.69) is 0 Å². The second-order valence-corrected chi connectivity index (χ2v) is 4.65. The molecule has 1 N–H and O–H groups in total. The van der Waals surface area contributed by atoms with Crippen molar-refractivity contribution in [1.82, 2.24) is 0 Å². The Kier molecular flexibility index (Phi) is 3.95. The number of benzene rings is 2. The highest BCUT2D eigenvalue weighted by Gasteiger charge is 2.29. The standard InChI is InChI=1S/C16H17FO3/c1-16(18,11-5-4-6-12(17)9-11)14-8-7-13(19-2)10-15(14)20-3/h4-10,18H,1-3H3. The minimum Gasteiger partial charge on any atom is -0.497 e. The highest BCUT2D eigenvalue weighted by Crippen LogP contribution is 2.37. The average molecular weight is 276 g/mol. The summed E-state index contributed by atoms with van der Waals surface area (Å²) in [6.07, 6.45) is 0. The first-order chi connectivity index (χ1) is 9.48. The van der Waals surface area contributed by atoms with Crippen LogP contribution in [0.3, 0.4) is 0 Å². The zero-order valence-corrected chi connectivity index (χ0v) is 11.7. The number of aliphatic hydroxyl groups is 1. The van der Waals surface area contributed by atoms with Gasteiger partial charge in [-0.25, -0.2) is 4.39 Å². The maximum Gasteiger partial charge on any atom is 0.128 e. The van der Waals surface area contributed by atoms with Crippen LogP contribution in [0.4, 0.5) is 4.39 Å². The molecule has 1 unspecified atom stereocenters. The fourth-order valence-electron chi connectivity index (χ4n) is 2.15. The predicted molar refractivity (Wildman–Crippen MR) is 74.6 cm³/mol. The molecule has 0 radical (unpaired) electrons. The molecular formula is C16H17FO3. The van der Waals surface area contributed by atoms with Crippen molar-refractivity contribution in [2.45, 2.75) is 12.5 Å². The molecule has 2 aromatic carbocycles. The maximum absolute atomic E-state index is 13.4. The van der Waals surface area contributed by atoms with Gasteiger partial charge in [-0.05, 0) is 36.8 Å². The van der Waals surface area contributed by atoms with Gasteiger partial charge in [0.2, 0.25) is 0 Å². The first-order valence-corrected chi connectivity index (χ1v) is 6.20. The van der Waals surface area contributed by atoms with Crippen molar-refractivity contribution in [3.05, 3.63) is 59.4 Å². The zero-order valence-electron chi connectivity index (χ0n) is 11.7. The molecule has 0 aliphatic heterocycles. The van der Waals surface area contributed by atoms with Crippen LogP contribution in [0.15, 0.2) is 42.5 Å². The number of rotatable bonds is 4. The second-order valence-electron chi connectivity index (χ2n) is 4.65. The lowest BCUT2D eigenvalue weighted by molar-refractivity contribution is 0.0985. The van der Waals surface area contributed by atoms with E-state index in [1.807, 2.05) is 0 Å². The summed E-state index contributed by atoms with van der Waals surface area (Å²) in [4.78, 5) is 0. The molecule has 0 aromatic heterocycles. The molecule has 2 rings (SSSR count). The Bertz CT molecular complexity index is 608. The lowest BCUT2D eigenvalue weighted by Crippen LogP contribution is -2.23. The Morgan fingerprint density at radius 3 is 2.40 bits per heavy atom. The van der Waals surface area contributed by atoms with Crippen LogP contribution in [0.2, 0.25) is 0 Å². The van der Waals surface area contributed by atoms with E-state index in [4.69, 9.17) is 9.47 Å². The number of hydrogen-bond acceptors (Lipinski definition) is 3. The van der Waals surface area contributed by atoms with E-state index < -0.39 is 11.4 Å². The molecular weight excluding hydrogens is 259 g/mol. The van der Waals surface area contributed by atoms with E-state index in [0.717, 1.165) is 0 Å². The van der Waals surface area contributed by atoms with E-state index in [9.17, 15) is 9.50 Å². The first kappa shape index (κ1) is 14.3. The fraction of sp³-hybridized carbons (Fsp3) is 0.250. The van der Waals surface area contributed by atoms with E-state index >= 15 is 0 Å². The third-order valence-corrected chi connectivity index (χ3v) is 3.32. The molecule has 4 heteroatoms. The van der Waals surface area contributed by atoms with E-state index in [1.54, 1.807) is 44.4 Å². The Morgan fingerprint density at radius 1 is 1.05 bits per heavy atom. The van der Waals surface area contributed by atoms with Gasteiger partial charge in [-0.3, -0.25) is 0 Å². The van der Waals surface area contributed by atoms with Gasteiger partial charge in [0, 0.05) is 11.6 Å². The van der Waals surface area contributed by atoms with Crippen molar-refractivity contribution in [1.29, 1.82) is 0 Å². The summed E-state index contributed by atoms with van der Waals surface area (Å²) < 4.78 is 23.8. The first-order valence-electron chi connectivity index (χ1n) is 6.20. The summed E-state index contributed by atoms with van der Waals surface area (Å²) in [5, 5.41) is 10.8. The molecule has 0 spiro atoms. The lowest BCUT2D eigenvalue weighted by Gasteiger charge is -2.26. The van der Waals surface area contributed by atoms with Gasteiger partial charge in [-0.1, -0.05) is 12.1 Å². The third-order valence-electron chi connectivity index (χ3n) is 3.32. The zero-order chi connectivity index (χ0) is 14.8. The van der Waals surface area contributed by atoms with Crippen LogP contribution in [0.5, 0.6) is 11.5 Å². The van der Waals surface area contributed by atoms with Gasteiger partial charge in [-0.15, -0.1) is 0 Å². The number of methoxy groups -OCH3 is 2. The number of hydrogen-bond donors (Lipinski definition) is 1. The van der Waals surface area contributed by atoms with Crippen LogP contribution in [0, 0.1) is 5.82 Å². The van der Waals surface area contributed by atoms with Gasteiger partial charge in [0.15, 0.2) is 0 Å². The summed E-state index contributed by atoms with van der Waals surface area (Å²) in [7, 11) is 3.07. The van der Waals surface area contributed by atoms with Crippen molar-refractivity contribution in [3.63, 3.8) is 0 Å². The number of ether oxygens (including phenoxy) is 2. The summed E-state index contributed by atoms with van der Waals surface area (Å²) >= 11 is 0. The summed E-state index contributed by atoms with van der Waals surface area (Å²) in [6, 6.07) is 11.0. The van der Waals surface area contributed by atoms with Crippen LogP contribution in [-0.2, 0) is 5.60 Å². The van der Waals surface area contributed by atoms with Gasteiger partial charge < -0.3 is 14.6 Å². The minimum absolute atomic E-state index is 0.393. The van der Waals surface area contributed by atoms with E-state index in [1.165, 1.54) is 19.2 Å². The molecule has 2 aromatic rings. The van der Waals surface area contributed by atoms with Gasteiger partial charge in [0.05, 0.1) is 14.2 Å². The lowest BCUT2D eigenvalue weighted by atomic mass is 9.87. The molecule has 0 bridgehead atoms. The normalized spacial score (nSPS) is 13.7. The topological polar surface area (TPSA) is 38.7 Å². The van der Waals surface area contributed by atoms with Crippen LogP contribution in [-0.4, -0.2) is 19.3 Å². The average Bonchev–Trinajstić information content (AvgIpc) is 2.46. The molecule has 0 saturated carbocycles. The largest absolute Gasteiger partial charge is 0.497 e. The Balaban J connectivity index is 2.53. The fourth-order valence-corrected chi connectivity index (χ4v) is 2.15. The third kappa shape index (κ3) is 2.60. The summed E-state index contributed by atoms with van der Waals surface area (Å²) in [6.45, 7) is 1.60. The molecule has 0 fully saturated rings. The maximum atomic E-state index is 13.4. The van der Waals surface area contributed by atoms with Crippen molar-refractivity contribution >= 4 is 0 Å². The molecule has 0 amide bonds. The van der Waals surface area contributed by atoms with Crippen LogP contribution >= 0.6 is 0 Å². The van der Waals surface area contributed by atoms with Gasteiger partial charge in [0.1, 0.15) is 22.9 Å². The smallest absolute Gasteiger partial charge is 0.128 e. The Hall–Kier alpha value is -2.07. The quantitative estimate of drug-likeness (QED) is 0.932. The molecule has 1 atom stereocenters. The Labute approximate surface area is 117 Å². The molecule has 20 heavy (non-hydrogen) atoms. The molecule has 0 aliphatic carbocycles. The van der Waals surface area contributed by atoms with Crippen molar-refractivity contribution in [2.75, 3.05) is 14.2 Å². The highest BCUT2D eigenvalue weighted by atomic mass is 19.1. The minimum atomic E-state index is -1.36. The van der Waals surface area contributed by atoms with E-state index in [0.29, 0.717) is 22.6 Å². The Morgan fingerprint density at radius 2 is 1.80 bits per heavy atom. The van der Waals surface area contributed by atoms with Gasteiger partial charge in [0.25, 0.3) is 0 Å². The second kappa shape index (κ2) is 5.51. The van der Waals surface area contributed by atoms with Crippen molar-refractivity contribution < 1.29 is 19.0 Å². The molecule has 0 saturated heterocycles. The summed E-state index contributed by atoms with van der Waals surface area (Å²) in [5.41, 5.74) is -0.355. The SMILES string of the molecule is COc1ccc(C(C)(O)c2cccc(F)c2)c(OC)c1.